The molecule has 5 heteroatoms. The molecule has 0 saturated carbocycles. The third-order valence-electron chi connectivity index (χ3n) is 2.61. The lowest BCUT2D eigenvalue weighted by molar-refractivity contribution is 0.0977. The summed E-state index contributed by atoms with van der Waals surface area (Å²) in [5.41, 5.74) is 0.0653. The van der Waals surface area contributed by atoms with Gasteiger partial charge in [0, 0.05) is 29.6 Å². The molecule has 1 heterocycles. The summed E-state index contributed by atoms with van der Waals surface area (Å²) in [5.74, 6) is -3.55. The molecule has 0 aliphatic rings. The maximum atomic E-state index is 13.6. The van der Waals surface area contributed by atoms with E-state index >= 15 is 0 Å². The molecule has 19 heavy (non-hydrogen) atoms. The van der Waals surface area contributed by atoms with Crippen LogP contribution in [0.1, 0.15) is 21.8 Å². The Labute approximate surface area is 108 Å². The van der Waals surface area contributed by atoms with E-state index in [-0.39, 0.29) is 11.1 Å². The molecule has 0 aliphatic heterocycles. The largest absolute Gasteiger partial charge is 0.292 e. The van der Waals surface area contributed by atoms with Crippen molar-refractivity contribution in [3.8, 4) is 6.07 Å². The van der Waals surface area contributed by atoms with Crippen molar-refractivity contribution in [1.82, 2.24) is 4.98 Å². The van der Waals surface area contributed by atoms with Gasteiger partial charge in [0.2, 0.25) is 0 Å². The number of benzene rings is 1. The summed E-state index contributed by atoms with van der Waals surface area (Å²) in [5, 5.41) is 9.05. The van der Waals surface area contributed by atoms with Gasteiger partial charge in [-0.1, -0.05) is 6.07 Å². The first-order valence-corrected chi connectivity index (χ1v) is 5.42. The van der Waals surface area contributed by atoms with Crippen molar-refractivity contribution in [2.45, 2.75) is 5.92 Å². The second kappa shape index (κ2) is 5.36. The Hall–Kier alpha value is -2.61. The van der Waals surface area contributed by atoms with Crippen LogP contribution >= 0.6 is 0 Å². The molecule has 94 valence electrons. The van der Waals surface area contributed by atoms with Crippen LogP contribution in [0.3, 0.4) is 0 Å². The first-order chi connectivity index (χ1) is 9.13. The van der Waals surface area contributed by atoms with Crippen LogP contribution in [0.15, 0.2) is 42.7 Å². The fourth-order valence-corrected chi connectivity index (χ4v) is 1.68. The number of rotatable bonds is 3. The Bertz CT molecular complexity index is 650. The summed E-state index contributed by atoms with van der Waals surface area (Å²) < 4.78 is 26.4. The van der Waals surface area contributed by atoms with E-state index in [1.165, 1.54) is 18.5 Å². The molecule has 3 nitrogen and oxygen atoms in total. The molecule has 0 fully saturated rings. The third kappa shape index (κ3) is 2.63. The predicted molar refractivity (Wildman–Crippen MR) is 63.3 cm³/mol. The number of hydrogen-bond acceptors (Lipinski definition) is 3. The number of Topliss-reactive ketones (excluding diaryl/α,β-unsaturated/α-hetero) is 1. The number of nitriles is 1. The molecule has 1 atom stereocenters. The molecule has 0 spiro atoms. The van der Waals surface area contributed by atoms with Gasteiger partial charge in [0.15, 0.2) is 5.78 Å². The van der Waals surface area contributed by atoms with E-state index in [0.29, 0.717) is 6.07 Å². The van der Waals surface area contributed by atoms with Gasteiger partial charge >= 0.3 is 0 Å². The average Bonchev–Trinajstić information content (AvgIpc) is 2.42. The van der Waals surface area contributed by atoms with Gasteiger partial charge in [-0.2, -0.15) is 5.26 Å². The zero-order valence-corrected chi connectivity index (χ0v) is 9.68. The Morgan fingerprint density at radius 2 is 2.11 bits per heavy atom. The summed E-state index contributed by atoms with van der Waals surface area (Å²) in [7, 11) is 0. The van der Waals surface area contributed by atoms with Crippen LogP contribution in [0, 0.1) is 23.0 Å². The second-order valence-corrected chi connectivity index (χ2v) is 3.83. The van der Waals surface area contributed by atoms with Gasteiger partial charge < -0.3 is 0 Å². The van der Waals surface area contributed by atoms with E-state index < -0.39 is 23.3 Å². The van der Waals surface area contributed by atoms with Gasteiger partial charge in [-0.25, -0.2) is 8.78 Å². The highest BCUT2D eigenvalue weighted by Gasteiger charge is 2.24. The van der Waals surface area contributed by atoms with Gasteiger partial charge in [0.25, 0.3) is 0 Å². The minimum absolute atomic E-state index is 0.141. The van der Waals surface area contributed by atoms with Crippen molar-refractivity contribution in [1.29, 1.82) is 5.26 Å². The van der Waals surface area contributed by atoms with Crippen molar-refractivity contribution in [3.05, 3.63) is 65.5 Å². The minimum atomic E-state index is -1.32. The second-order valence-electron chi connectivity index (χ2n) is 3.83. The fraction of sp³-hybridized carbons (Fsp3) is 0.0714. The molecule has 0 saturated heterocycles. The van der Waals surface area contributed by atoms with Crippen LogP contribution in [0.25, 0.3) is 0 Å². The molecular formula is C14H8F2N2O. The van der Waals surface area contributed by atoms with Crippen molar-refractivity contribution < 1.29 is 13.6 Å². The number of hydrogen-bond donors (Lipinski definition) is 0. The number of halogens is 2. The molecule has 1 unspecified atom stereocenters. The molecule has 1 aromatic heterocycles. The zero-order valence-electron chi connectivity index (χ0n) is 9.68. The smallest absolute Gasteiger partial charge is 0.186 e. The van der Waals surface area contributed by atoms with Gasteiger partial charge in [-0.05, 0) is 18.2 Å². The van der Waals surface area contributed by atoms with Gasteiger partial charge in [-0.3, -0.25) is 9.78 Å². The van der Waals surface area contributed by atoms with Gasteiger partial charge in [-0.15, -0.1) is 0 Å². The molecule has 2 rings (SSSR count). The Balaban J connectivity index is 2.41. The van der Waals surface area contributed by atoms with Crippen molar-refractivity contribution in [2.75, 3.05) is 0 Å². The topological polar surface area (TPSA) is 53.8 Å². The lowest BCUT2D eigenvalue weighted by Crippen LogP contribution is -2.13. The highest BCUT2D eigenvalue weighted by Crippen LogP contribution is 2.23. The molecule has 0 radical (unpaired) electrons. The average molecular weight is 258 g/mol. The summed E-state index contributed by atoms with van der Waals surface area (Å²) in [6.07, 6.45) is 2.78. The summed E-state index contributed by atoms with van der Waals surface area (Å²) in [6, 6.07) is 7.53. The quantitative estimate of drug-likeness (QED) is 0.795. The van der Waals surface area contributed by atoms with E-state index in [9.17, 15) is 13.6 Å². The molecule has 1 aromatic carbocycles. The maximum Gasteiger partial charge on any atom is 0.186 e. The van der Waals surface area contributed by atoms with Crippen molar-refractivity contribution >= 4 is 5.78 Å². The fourth-order valence-electron chi connectivity index (χ4n) is 1.68. The van der Waals surface area contributed by atoms with Crippen LogP contribution in [0.2, 0.25) is 0 Å². The molecule has 2 aromatic rings. The highest BCUT2D eigenvalue weighted by molar-refractivity contribution is 6.02. The van der Waals surface area contributed by atoms with E-state index in [4.69, 9.17) is 5.26 Å². The van der Waals surface area contributed by atoms with E-state index in [2.05, 4.69) is 4.98 Å². The Morgan fingerprint density at radius 3 is 2.68 bits per heavy atom. The minimum Gasteiger partial charge on any atom is -0.292 e. The summed E-state index contributed by atoms with van der Waals surface area (Å²) in [6.45, 7) is 0. The van der Waals surface area contributed by atoms with E-state index in [1.54, 1.807) is 12.1 Å². The maximum absolute atomic E-state index is 13.6. The molecule has 0 N–H and O–H groups in total. The van der Waals surface area contributed by atoms with E-state index in [1.807, 2.05) is 0 Å². The van der Waals surface area contributed by atoms with Gasteiger partial charge in [0.1, 0.15) is 17.6 Å². The van der Waals surface area contributed by atoms with Crippen molar-refractivity contribution in [2.24, 2.45) is 0 Å². The van der Waals surface area contributed by atoms with Crippen LogP contribution in [0.4, 0.5) is 8.78 Å². The molecule has 0 amide bonds. The predicted octanol–water partition coefficient (Wildman–Crippen LogP) is 2.85. The first kappa shape index (κ1) is 12.8. The lowest BCUT2D eigenvalue weighted by Gasteiger charge is -2.09. The zero-order chi connectivity index (χ0) is 13.8. The number of carbonyl (C=O) groups is 1. The SMILES string of the molecule is N#CC(C(=O)c1cccnc1)c1ccc(F)cc1F. The number of aromatic nitrogens is 1. The first-order valence-electron chi connectivity index (χ1n) is 5.42. The standard InChI is InChI=1S/C14H8F2N2O/c15-10-3-4-11(13(16)6-10)12(7-17)14(19)9-2-1-5-18-8-9/h1-6,8,12H. The van der Waals surface area contributed by atoms with E-state index in [0.717, 1.165) is 12.1 Å². The molecule has 0 aliphatic carbocycles. The number of nitrogens with zero attached hydrogens (tertiary/aromatic N) is 2. The number of carbonyl (C=O) groups excluding carboxylic acids is 1. The summed E-state index contributed by atoms with van der Waals surface area (Å²) >= 11 is 0. The lowest BCUT2D eigenvalue weighted by atomic mass is 9.92. The normalized spacial score (nSPS) is 11.6. The Morgan fingerprint density at radius 1 is 1.32 bits per heavy atom. The van der Waals surface area contributed by atoms with Crippen LogP contribution in [0.5, 0.6) is 0 Å². The van der Waals surface area contributed by atoms with Crippen LogP contribution in [-0.2, 0) is 0 Å². The monoisotopic (exact) mass is 258 g/mol. The molecule has 0 bridgehead atoms. The molecular weight excluding hydrogens is 250 g/mol. The summed E-state index contributed by atoms with van der Waals surface area (Å²) in [4.78, 5) is 15.9. The van der Waals surface area contributed by atoms with Crippen LogP contribution < -0.4 is 0 Å². The van der Waals surface area contributed by atoms with Crippen molar-refractivity contribution in [3.63, 3.8) is 0 Å². The number of pyridine rings is 1. The van der Waals surface area contributed by atoms with Gasteiger partial charge in [0.05, 0.1) is 6.07 Å². The highest BCUT2D eigenvalue weighted by atomic mass is 19.1. The Kier molecular flexibility index (Phi) is 3.62. The third-order valence-corrected chi connectivity index (χ3v) is 2.61. The van der Waals surface area contributed by atoms with Crippen LogP contribution in [-0.4, -0.2) is 10.8 Å². The number of ketones is 1.